The van der Waals surface area contributed by atoms with Crippen LogP contribution in [0.25, 0.3) is 66.1 Å². The summed E-state index contributed by atoms with van der Waals surface area (Å²) in [6.45, 7) is 0. The predicted molar refractivity (Wildman–Crippen MR) is 470 cm³/mol. The number of nitrogens with zero attached hydrogens (tertiary/aromatic N) is 4. The van der Waals surface area contributed by atoms with E-state index in [4.69, 9.17) is 11.6 Å². The Labute approximate surface area is 650 Å². The van der Waals surface area contributed by atoms with E-state index in [2.05, 4.69) is 425 Å². The Hall–Kier alpha value is -14.2. The SMILES string of the molecule is Clc1ccc(-c2ccc(N(c3ccccc3)c3ccccc3)cc2)cc1.c1ccc(-c2cc3ccccc3c3ccc(N(c4ccccc4)c4ccc(-c5ccc(N(c6ccccc6)c6ccccc6)cc5)cc4)cc23)cc1.c1ccc(Nc2ccc(-c3ccc(N(c4ccccc4)c4ccccc4)cc3)cc2)cc1. The molecule has 0 saturated heterocycles. The Balaban J connectivity index is 0.000000135. The van der Waals surface area contributed by atoms with E-state index in [-0.39, 0.29) is 0 Å². The van der Waals surface area contributed by atoms with Gasteiger partial charge in [0.1, 0.15) is 0 Å². The summed E-state index contributed by atoms with van der Waals surface area (Å²) in [7, 11) is 0. The van der Waals surface area contributed by atoms with Crippen LogP contribution in [-0.2, 0) is 0 Å². The standard InChI is InChI=1S/C50H36N2.C30H24N2.C24H18ClN/c1-5-15-39(16-6-1)49-35-40-17-13-14-24-47(40)48-34-33-46(36-50(48)49)52(43-22-11-4-12-23-43)45-31-27-38(28-32-45)37-25-29-44(30-26-37)51(41-18-7-2-8-19-41)42-20-9-3-10-21-42;1-4-10-26(11-5-1)31-27-20-16-24(17-21-27)25-18-22-30(23-19-25)32(28-12-6-2-7-13-28)29-14-8-3-9-15-29;25-21-15-11-19(12-16-21)20-13-17-24(18-14-20)26(22-7-3-1-4-8-22)23-9-5-2-6-10-23/h1-36H;1-23,31H;1-18H. The lowest BCUT2D eigenvalue weighted by molar-refractivity contribution is 1.28. The van der Waals surface area contributed by atoms with Crippen LogP contribution in [0.4, 0.5) is 79.6 Å². The van der Waals surface area contributed by atoms with Crippen LogP contribution in [0.15, 0.2) is 467 Å². The maximum absolute atomic E-state index is 5.99. The Morgan fingerprint density at radius 1 is 0.164 bits per heavy atom. The van der Waals surface area contributed by atoms with Crippen LogP contribution in [0.1, 0.15) is 0 Å². The molecule has 1 N–H and O–H groups in total. The molecule has 18 rings (SSSR count). The highest BCUT2D eigenvalue weighted by Gasteiger charge is 2.19. The largest absolute Gasteiger partial charge is 0.356 e. The lowest BCUT2D eigenvalue weighted by Crippen LogP contribution is -2.10. The highest BCUT2D eigenvalue weighted by molar-refractivity contribution is 6.30. The Bertz CT molecular complexity index is 5800. The third-order valence-electron chi connectivity index (χ3n) is 19.6. The summed E-state index contributed by atoms with van der Waals surface area (Å²) >= 11 is 5.99. The molecule has 0 aliphatic carbocycles. The van der Waals surface area contributed by atoms with Gasteiger partial charge in [-0.1, -0.05) is 291 Å². The van der Waals surface area contributed by atoms with Gasteiger partial charge in [-0.25, -0.2) is 0 Å². The van der Waals surface area contributed by atoms with E-state index in [1.54, 1.807) is 0 Å². The Kier molecular flexibility index (Phi) is 21.6. The average Bonchev–Trinajstić information content (AvgIpc) is 0.751. The highest BCUT2D eigenvalue weighted by Crippen LogP contribution is 2.44. The van der Waals surface area contributed by atoms with Gasteiger partial charge in [0.15, 0.2) is 0 Å². The lowest BCUT2D eigenvalue weighted by atomic mass is 9.92. The fraction of sp³-hybridized carbons (Fsp3) is 0. The molecule has 110 heavy (non-hydrogen) atoms. The second-order valence-corrected chi connectivity index (χ2v) is 27.1. The van der Waals surface area contributed by atoms with Gasteiger partial charge in [-0.15, -0.1) is 0 Å². The number of halogens is 1. The number of anilines is 14. The predicted octanol–water partition coefficient (Wildman–Crippen LogP) is 30.3. The number of hydrogen-bond donors (Lipinski definition) is 1. The topological polar surface area (TPSA) is 25.0 Å². The van der Waals surface area contributed by atoms with Crippen molar-refractivity contribution in [2.45, 2.75) is 0 Å². The van der Waals surface area contributed by atoms with Crippen LogP contribution in [0.3, 0.4) is 0 Å². The molecule has 0 bridgehead atoms. The highest BCUT2D eigenvalue weighted by atomic mass is 35.5. The molecule has 0 atom stereocenters. The van der Waals surface area contributed by atoms with Crippen molar-refractivity contribution in [1.29, 1.82) is 0 Å². The maximum atomic E-state index is 5.99. The minimum atomic E-state index is 0.754. The number of fused-ring (bicyclic) bond motifs is 3. The summed E-state index contributed by atoms with van der Waals surface area (Å²) in [5, 5.41) is 9.19. The molecule has 0 radical (unpaired) electrons. The van der Waals surface area contributed by atoms with Crippen molar-refractivity contribution in [3.8, 4) is 44.5 Å². The van der Waals surface area contributed by atoms with Crippen molar-refractivity contribution in [1.82, 2.24) is 0 Å². The molecular formula is C104H78ClN5. The van der Waals surface area contributed by atoms with E-state index in [1.807, 2.05) is 66.7 Å². The van der Waals surface area contributed by atoms with Crippen molar-refractivity contribution >= 4 is 113 Å². The molecule has 0 aromatic heterocycles. The van der Waals surface area contributed by atoms with Crippen molar-refractivity contribution in [2.24, 2.45) is 0 Å². The number of para-hydroxylation sites is 8. The lowest BCUT2D eigenvalue weighted by Gasteiger charge is -2.27. The molecule has 5 nitrogen and oxygen atoms in total. The van der Waals surface area contributed by atoms with Gasteiger partial charge in [-0.2, -0.15) is 0 Å². The van der Waals surface area contributed by atoms with Gasteiger partial charge in [0.25, 0.3) is 0 Å². The van der Waals surface area contributed by atoms with Crippen molar-refractivity contribution in [2.75, 3.05) is 24.9 Å². The van der Waals surface area contributed by atoms with Crippen LogP contribution in [0, 0.1) is 0 Å². The molecule has 526 valence electrons. The monoisotopic (exact) mass is 1430 g/mol. The molecule has 6 heteroatoms. The fourth-order valence-electron chi connectivity index (χ4n) is 14.2. The molecular weight excluding hydrogens is 1350 g/mol. The maximum Gasteiger partial charge on any atom is 0.0468 e. The zero-order chi connectivity index (χ0) is 74.1. The third kappa shape index (κ3) is 16.4. The van der Waals surface area contributed by atoms with E-state index in [0.29, 0.717) is 0 Å². The quantitative estimate of drug-likeness (QED) is 0.0864. The first-order valence-corrected chi connectivity index (χ1v) is 37.5. The summed E-state index contributed by atoms with van der Waals surface area (Å²) < 4.78 is 0. The zero-order valence-corrected chi connectivity index (χ0v) is 61.4. The van der Waals surface area contributed by atoms with Crippen LogP contribution < -0.4 is 24.9 Å². The van der Waals surface area contributed by atoms with Gasteiger partial charge in [0, 0.05) is 84.6 Å². The van der Waals surface area contributed by atoms with E-state index in [1.165, 1.54) is 60.5 Å². The van der Waals surface area contributed by atoms with Gasteiger partial charge in [0.2, 0.25) is 0 Å². The molecule has 0 fully saturated rings. The second-order valence-electron chi connectivity index (χ2n) is 26.7. The van der Waals surface area contributed by atoms with Crippen molar-refractivity contribution in [3.05, 3.63) is 472 Å². The Morgan fingerprint density at radius 3 is 0.745 bits per heavy atom. The van der Waals surface area contributed by atoms with Crippen LogP contribution >= 0.6 is 11.6 Å². The normalized spacial score (nSPS) is 10.8. The van der Waals surface area contributed by atoms with Gasteiger partial charge in [0.05, 0.1) is 0 Å². The van der Waals surface area contributed by atoms with Gasteiger partial charge in [-0.05, 0) is 254 Å². The van der Waals surface area contributed by atoms with Crippen molar-refractivity contribution in [3.63, 3.8) is 0 Å². The number of hydrogen-bond acceptors (Lipinski definition) is 5. The first kappa shape index (κ1) is 70.1. The molecule has 0 saturated carbocycles. The van der Waals surface area contributed by atoms with E-state index >= 15 is 0 Å². The number of rotatable bonds is 18. The Morgan fingerprint density at radius 2 is 0.409 bits per heavy atom. The molecule has 0 aliphatic rings. The summed E-state index contributed by atoms with van der Waals surface area (Å²) in [6, 6.07) is 164. The van der Waals surface area contributed by atoms with E-state index in [9.17, 15) is 0 Å². The molecule has 0 heterocycles. The fourth-order valence-corrected chi connectivity index (χ4v) is 14.3. The molecule has 0 unspecified atom stereocenters. The average molecular weight is 1430 g/mol. The van der Waals surface area contributed by atoms with Crippen LogP contribution in [0.2, 0.25) is 5.02 Å². The number of benzene rings is 18. The smallest absolute Gasteiger partial charge is 0.0468 e. The molecule has 0 aliphatic heterocycles. The summed E-state index contributed by atoms with van der Waals surface area (Å²) in [6.07, 6.45) is 0. The van der Waals surface area contributed by atoms with Gasteiger partial charge < -0.3 is 24.9 Å². The van der Waals surface area contributed by atoms with Crippen molar-refractivity contribution < 1.29 is 0 Å². The minimum Gasteiger partial charge on any atom is -0.356 e. The zero-order valence-electron chi connectivity index (χ0n) is 60.6. The molecule has 0 amide bonds. The third-order valence-corrected chi connectivity index (χ3v) is 19.8. The summed E-state index contributed by atoms with van der Waals surface area (Å²) in [4.78, 5) is 9.18. The van der Waals surface area contributed by atoms with Gasteiger partial charge >= 0.3 is 0 Å². The molecule has 0 spiro atoms. The summed E-state index contributed by atoms with van der Waals surface area (Å²) in [5.41, 5.74) is 25.2. The first-order valence-electron chi connectivity index (χ1n) is 37.1. The van der Waals surface area contributed by atoms with Gasteiger partial charge in [-0.3, -0.25) is 0 Å². The molecule has 18 aromatic rings. The van der Waals surface area contributed by atoms with E-state index < -0.39 is 0 Å². The first-order chi connectivity index (χ1) is 54.5. The second kappa shape index (κ2) is 33.9. The van der Waals surface area contributed by atoms with Crippen LogP contribution in [0.5, 0.6) is 0 Å². The van der Waals surface area contributed by atoms with E-state index in [0.717, 1.165) is 90.2 Å². The molecule has 18 aromatic carbocycles. The van der Waals surface area contributed by atoms with Crippen LogP contribution in [-0.4, -0.2) is 0 Å². The minimum absolute atomic E-state index is 0.754. The number of nitrogens with one attached hydrogen (secondary N) is 1. The summed E-state index contributed by atoms with van der Waals surface area (Å²) in [5.74, 6) is 0.